The largest absolute Gasteiger partial charge is 0.480 e. The third-order valence-electron chi connectivity index (χ3n) is 3.27. The van der Waals surface area contributed by atoms with E-state index in [1.807, 2.05) is 0 Å². The second kappa shape index (κ2) is 6.74. The summed E-state index contributed by atoms with van der Waals surface area (Å²) in [6, 6.07) is 6.88. The first-order valence-corrected chi connectivity index (χ1v) is 6.88. The number of halogens is 3. The Balaban J connectivity index is 2.69. The molecule has 1 aromatic rings. The van der Waals surface area contributed by atoms with Crippen molar-refractivity contribution >= 4 is 17.5 Å². The number of carboxylic acids is 1. The van der Waals surface area contributed by atoms with Crippen LogP contribution in [-0.2, 0) is 14.3 Å². The molecule has 1 N–H and O–H groups in total. The van der Waals surface area contributed by atoms with E-state index in [1.165, 1.54) is 36.4 Å². The number of allylic oxidation sites excluding steroid dienone is 4. The topological polar surface area (TPSA) is 63.6 Å². The summed E-state index contributed by atoms with van der Waals surface area (Å²) in [7, 11) is 0. The molecule has 126 valence electrons. The standard InChI is InChI=1S/C17H13F3O4/c1-10(21)24-13-9-5-8-12(14(13)16(22)23)15(17(18,19)20)11-6-3-2-4-7-11/h2-9,14H,1H3,(H,22,23). The highest BCUT2D eigenvalue weighted by Crippen LogP contribution is 2.42. The second-order valence-corrected chi connectivity index (χ2v) is 4.99. The Morgan fingerprint density at radius 3 is 2.29 bits per heavy atom. The molecular weight excluding hydrogens is 325 g/mol. The van der Waals surface area contributed by atoms with E-state index in [1.54, 1.807) is 6.07 Å². The highest BCUT2D eigenvalue weighted by Gasteiger charge is 2.42. The fourth-order valence-corrected chi connectivity index (χ4v) is 2.43. The Labute approximate surface area is 135 Å². The summed E-state index contributed by atoms with van der Waals surface area (Å²) in [4.78, 5) is 22.7. The minimum Gasteiger partial charge on any atom is -0.480 e. The van der Waals surface area contributed by atoms with Gasteiger partial charge in [-0.05, 0) is 17.2 Å². The van der Waals surface area contributed by atoms with Gasteiger partial charge in [-0.25, -0.2) is 0 Å². The predicted octanol–water partition coefficient (Wildman–Crippen LogP) is 3.72. The Hall–Kier alpha value is -2.83. The quantitative estimate of drug-likeness (QED) is 0.853. The first-order valence-electron chi connectivity index (χ1n) is 6.88. The van der Waals surface area contributed by atoms with E-state index in [-0.39, 0.29) is 11.3 Å². The minimum absolute atomic E-state index is 0.167. The van der Waals surface area contributed by atoms with Crippen LogP contribution in [0.2, 0.25) is 0 Å². The van der Waals surface area contributed by atoms with E-state index in [2.05, 4.69) is 0 Å². The number of carbonyl (C=O) groups is 2. The number of rotatable bonds is 3. The summed E-state index contributed by atoms with van der Waals surface area (Å²) in [6.45, 7) is 1.04. The van der Waals surface area contributed by atoms with Gasteiger partial charge in [0.05, 0.1) is 5.57 Å². The number of aliphatic carboxylic acids is 1. The van der Waals surface area contributed by atoms with Gasteiger partial charge in [0.2, 0.25) is 0 Å². The van der Waals surface area contributed by atoms with Crippen LogP contribution in [0, 0.1) is 5.92 Å². The van der Waals surface area contributed by atoms with Crippen LogP contribution in [0.4, 0.5) is 13.2 Å². The molecule has 1 atom stereocenters. The number of hydrogen-bond donors (Lipinski definition) is 1. The first kappa shape index (κ1) is 17.5. The molecule has 7 heteroatoms. The molecule has 4 nitrogen and oxygen atoms in total. The number of ether oxygens (including phenoxy) is 1. The van der Waals surface area contributed by atoms with E-state index in [0.717, 1.165) is 13.0 Å². The van der Waals surface area contributed by atoms with Gasteiger partial charge in [0, 0.05) is 6.92 Å². The zero-order valence-electron chi connectivity index (χ0n) is 12.5. The molecule has 0 aliphatic heterocycles. The van der Waals surface area contributed by atoms with Crippen LogP contribution in [0.1, 0.15) is 12.5 Å². The fourth-order valence-electron chi connectivity index (χ4n) is 2.43. The Kier molecular flexibility index (Phi) is 4.92. The third kappa shape index (κ3) is 3.73. The number of carboxylic acid groups (broad SMARTS) is 1. The lowest BCUT2D eigenvalue weighted by Crippen LogP contribution is -2.26. The molecule has 0 radical (unpaired) electrons. The first-order chi connectivity index (χ1) is 11.2. The lowest BCUT2D eigenvalue weighted by molar-refractivity contribution is -0.143. The van der Waals surface area contributed by atoms with Crippen LogP contribution in [0.5, 0.6) is 0 Å². The molecule has 0 saturated carbocycles. The van der Waals surface area contributed by atoms with Crippen molar-refractivity contribution in [3.8, 4) is 0 Å². The minimum atomic E-state index is -4.78. The summed E-state index contributed by atoms with van der Waals surface area (Å²) < 4.78 is 45.6. The van der Waals surface area contributed by atoms with E-state index in [0.29, 0.717) is 0 Å². The van der Waals surface area contributed by atoms with Crippen molar-refractivity contribution in [2.24, 2.45) is 5.92 Å². The maximum Gasteiger partial charge on any atom is 0.417 e. The molecule has 0 heterocycles. The van der Waals surface area contributed by atoms with Crippen molar-refractivity contribution in [1.82, 2.24) is 0 Å². The molecule has 2 rings (SSSR count). The third-order valence-corrected chi connectivity index (χ3v) is 3.27. The van der Waals surface area contributed by atoms with Gasteiger partial charge in [0.25, 0.3) is 0 Å². The van der Waals surface area contributed by atoms with Gasteiger partial charge in [-0.15, -0.1) is 0 Å². The maximum absolute atomic E-state index is 13.6. The molecule has 0 bridgehead atoms. The number of hydrogen-bond acceptors (Lipinski definition) is 3. The van der Waals surface area contributed by atoms with Crippen LogP contribution < -0.4 is 0 Å². The number of carbonyl (C=O) groups excluding carboxylic acids is 1. The molecule has 0 spiro atoms. The summed E-state index contributed by atoms with van der Waals surface area (Å²) in [5, 5.41) is 9.39. The molecule has 1 aromatic carbocycles. The van der Waals surface area contributed by atoms with Crippen LogP contribution in [-0.4, -0.2) is 23.2 Å². The molecular formula is C17H13F3O4. The Morgan fingerprint density at radius 1 is 1.17 bits per heavy atom. The maximum atomic E-state index is 13.6. The molecule has 0 amide bonds. The van der Waals surface area contributed by atoms with Crippen LogP contribution in [0.25, 0.3) is 5.57 Å². The second-order valence-electron chi connectivity index (χ2n) is 4.99. The molecule has 0 fully saturated rings. The summed E-state index contributed by atoms with van der Waals surface area (Å²) in [5.41, 5.74) is -1.73. The van der Waals surface area contributed by atoms with Gasteiger partial charge >= 0.3 is 18.1 Å². The molecule has 0 saturated heterocycles. The molecule has 1 aliphatic rings. The molecule has 1 unspecified atom stereocenters. The van der Waals surface area contributed by atoms with Crippen molar-refractivity contribution in [1.29, 1.82) is 0 Å². The van der Waals surface area contributed by atoms with Gasteiger partial charge in [-0.2, -0.15) is 13.2 Å². The zero-order valence-corrected chi connectivity index (χ0v) is 12.5. The SMILES string of the molecule is CC(=O)OC1=CC=CC(=C(c2ccccc2)C(F)(F)F)C1C(=O)O. The van der Waals surface area contributed by atoms with Gasteiger partial charge < -0.3 is 9.84 Å². The lowest BCUT2D eigenvalue weighted by Gasteiger charge is -2.24. The van der Waals surface area contributed by atoms with Gasteiger partial charge in [0.1, 0.15) is 11.7 Å². The average Bonchev–Trinajstić information content (AvgIpc) is 2.46. The van der Waals surface area contributed by atoms with E-state index < -0.39 is 35.2 Å². The Bertz CT molecular complexity index is 743. The monoisotopic (exact) mass is 338 g/mol. The smallest absolute Gasteiger partial charge is 0.417 e. The van der Waals surface area contributed by atoms with Crippen molar-refractivity contribution in [2.45, 2.75) is 13.1 Å². The lowest BCUT2D eigenvalue weighted by atomic mass is 9.86. The molecule has 0 aromatic heterocycles. The molecule has 1 aliphatic carbocycles. The van der Waals surface area contributed by atoms with E-state index >= 15 is 0 Å². The Morgan fingerprint density at radius 2 is 1.79 bits per heavy atom. The van der Waals surface area contributed by atoms with Gasteiger partial charge in [-0.3, -0.25) is 9.59 Å². The fraction of sp³-hybridized carbons (Fsp3) is 0.176. The number of alkyl halides is 3. The van der Waals surface area contributed by atoms with Crippen LogP contribution >= 0.6 is 0 Å². The van der Waals surface area contributed by atoms with E-state index in [4.69, 9.17) is 4.74 Å². The van der Waals surface area contributed by atoms with Crippen molar-refractivity contribution in [2.75, 3.05) is 0 Å². The zero-order chi connectivity index (χ0) is 17.9. The van der Waals surface area contributed by atoms with Crippen molar-refractivity contribution in [3.05, 3.63) is 65.5 Å². The van der Waals surface area contributed by atoms with Crippen molar-refractivity contribution in [3.63, 3.8) is 0 Å². The normalized spacial score (nSPS) is 19.5. The average molecular weight is 338 g/mol. The van der Waals surface area contributed by atoms with Crippen LogP contribution in [0.15, 0.2) is 59.9 Å². The number of benzene rings is 1. The summed E-state index contributed by atoms with van der Waals surface area (Å²) >= 11 is 0. The molecule has 24 heavy (non-hydrogen) atoms. The highest BCUT2D eigenvalue weighted by molar-refractivity contribution is 5.87. The van der Waals surface area contributed by atoms with Crippen LogP contribution in [0.3, 0.4) is 0 Å². The number of esters is 1. The van der Waals surface area contributed by atoms with E-state index in [9.17, 15) is 27.9 Å². The van der Waals surface area contributed by atoms with Gasteiger partial charge in [0.15, 0.2) is 0 Å². The summed E-state index contributed by atoms with van der Waals surface area (Å²) in [6.07, 6.45) is -1.32. The predicted molar refractivity (Wildman–Crippen MR) is 79.5 cm³/mol. The van der Waals surface area contributed by atoms with Crippen molar-refractivity contribution < 1.29 is 32.6 Å². The van der Waals surface area contributed by atoms with Gasteiger partial charge in [-0.1, -0.05) is 42.5 Å². The summed E-state index contributed by atoms with van der Waals surface area (Å²) in [5.74, 6) is -4.43. The highest BCUT2D eigenvalue weighted by atomic mass is 19.4.